The molecule has 1 atom stereocenters. The molecular weight excluding hydrogens is 268 g/mol. The lowest BCUT2D eigenvalue weighted by molar-refractivity contribution is -0.129. The van der Waals surface area contributed by atoms with Gasteiger partial charge in [0.15, 0.2) is 0 Å². The van der Waals surface area contributed by atoms with E-state index >= 15 is 0 Å². The van der Waals surface area contributed by atoms with E-state index in [4.69, 9.17) is 18.0 Å². The number of amides is 1. The summed E-state index contributed by atoms with van der Waals surface area (Å²) in [6.45, 7) is 6.13. The second kappa shape index (κ2) is 7.96. The highest BCUT2D eigenvalue weighted by Crippen LogP contribution is 2.31. The highest BCUT2D eigenvalue weighted by atomic mass is 32.1. The van der Waals surface area contributed by atoms with Gasteiger partial charge in [-0.05, 0) is 38.0 Å². The smallest absolute Gasteiger partial charge is 0.233 e. The van der Waals surface area contributed by atoms with E-state index < -0.39 is 5.41 Å². The molecule has 1 aliphatic carbocycles. The number of carbonyl (C=O) groups excluding carboxylic acids is 1. The molecule has 1 saturated carbocycles. The molecule has 0 saturated heterocycles. The first-order valence-electron chi connectivity index (χ1n) is 8.12. The van der Waals surface area contributed by atoms with Crippen LogP contribution in [0.1, 0.15) is 72.1 Å². The second-order valence-electron chi connectivity index (χ2n) is 6.04. The Morgan fingerprint density at radius 1 is 1.25 bits per heavy atom. The lowest BCUT2D eigenvalue weighted by atomic mass is 9.79. The highest BCUT2D eigenvalue weighted by molar-refractivity contribution is 7.80. The van der Waals surface area contributed by atoms with E-state index in [0.29, 0.717) is 23.7 Å². The quantitative estimate of drug-likeness (QED) is 0.707. The van der Waals surface area contributed by atoms with E-state index in [1.807, 2.05) is 13.8 Å². The zero-order valence-corrected chi connectivity index (χ0v) is 14.0. The van der Waals surface area contributed by atoms with Gasteiger partial charge in [0.2, 0.25) is 5.91 Å². The first-order chi connectivity index (χ1) is 9.51. The Kier molecular flexibility index (Phi) is 6.93. The van der Waals surface area contributed by atoms with Gasteiger partial charge in [-0.3, -0.25) is 4.79 Å². The SMILES string of the molecule is CCC(NC(=O)C(CC)(CC)C(N)=S)C1CCCCC1. The molecule has 1 rings (SSSR count). The van der Waals surface area contributed by atoms with Crippen molar-refractivity contribution >= 4 is 23.1 Å². The van der Waals surface area contributed by atoms with E-state index in [2.05, 4.69) is 12.2 Å². The molecule has 20 heavy (non-hydrogen) atoms. The van der Waals surface area contributed by atoms with Crippen molar-refractivity contribution in [3.8, 4) is 0 Å². The normalized spacial score (nSPS) is 18.6. The molecule has 116 valence electrons. The summed E-state index contributed by atoms with van der Waals surface area (Å²) < 4.78 is 0. The number of thiocarbonyl (C=S) groups is 1. The van der Waals surface area contributed by atoms with Crippen LogP contribution in [-0.4, -0.2) is 16.9 Å². The lowest BCUT2D eigenvalue weighted by Crippen LogP contribution is -2.52. The van der Waals surface area contributed by atoms with Crippen LogP contribution in [0.15, 0.2) is 0 Å². The molecule has 1 aliphatic rings. The minimum atomic E-state index is -0.669. The third kappa shape index (κ3) is 3.72. The van der Waals surface area contributed by atoms with Gasteiger partial charge >= 0.3 is 0 Å². The van der Waals surface area contributed by atoms with Crippen LogP contribution >= 0.6 is 12.2 Å². The summed E-state index contributed by atoms with van der Waals surface area (Å²) in [5, 5.41) is 3.25. The van der Waals surface area contributed by atoms with Crippen LogP contribution in [0.3, 0.4) is 0 Å². The van der Waals surface area contributed by atoms with Crippen molar-refractivity contribution in [3.05, 3.63) is 0 Å². The van der Waals surface area contributed by atoms with Crippen LogP contribution < -0.4 is 11.1 Å². The van der Waals surface area contributed by atoms with Crippen LogP contribution in [0.5, 0.6) is 0 Å². The molecular formula is C16H30N2OS. The first-order valence-corrected chi connectivity index (χ1v) is 8.53. The van der Waals surface area contributed by atoms with Gasteiger partial charge in [0.1, 0.15) is 0 Å². The molecule has 0 spiro atoms. The van der Waals surface area contributed by atoms with Gasteiger partial charge in [0, 0.05) is 6.04 Å². The van der Waals surface area contributed by atoms with Crippen LogP contribution in [0.2, 0.25) is 0 Å². The second-order valence-corrected chi connectivity index (χ2v) is 6.48. The Hall–Kier alpha value is -0.640. The molecule has 0 aromatic rings. The van der Waals surface area contributed by atoms with Gasteiger partial charge in [-0.1, -0.05) is 52.3 Å². The molecule has 0 heterocycles. The van der Waals surface area contributed by atoms with Gasteiger partial charge in [0.25, 0.3) is 0 Å². The predicted octanol–water partition coefficient (Wildman–Crippen LogP) is 3.55. The van der Waals surface area contributed by atoms with E-state index in [0.717, 1.165) is 6.42 Å². The van der Waals surface area contributed by atoms with Crippen molar-refractivity contribution in [1.29, 1.82) is 0 Å². The molecule has 0 aromatic carbocycles. The average Bonchev–Trinajstić information content (AvgIpc) is 2.47. The molecule has 4 heteroatoms. The standard InChI is InChI=1S/C16H30N2OS/c1-4-13(12-10-8-7-9-11-12)18-15(19)16(5-2,6-3)14(17)20/h12-13H,4-11H2,1-3H3,(H2,17,20)(H,18,19). The van der Waals surface area contributed by atoms with E-state index in [9.17, 15) is 4.79 Å². The zero-order valence-electron chi connectivity index (χ0n) is 13.2. The minimum Gasteiger partial charge on any atom is -0.392 e. The van der Waals surface area contributed by atoms with E-state index in [1.165, 1.54) is 32.1 Å². The highest BCUT2D eigenvalue weighted by Gasteiger charge is 2.39. The van der Waals surface area contributed by atoms with Crippen LogP contribution in [-0.2, 0) is 4.79 Å². The number of hydrogen-bond donors (Lipinski definition) is 2. The molecule has 0 radical (unpaired) electrons. The van der Waals surface area contributed by atoms with E-state index in [-0.39, 0.29) is 11.9 Å². The molecule has 3 nitrogen and oxygen atoms in total. The van der Waals surface area contributed by atoms with Gasteiger partial charge < -0.3 is 11.1 Å². The number of nitrogens with two attached hydrogens (primary N) is 1. The summed E-state index contributed by atoms with van der Waals surface area (Å²) in [4.78, 5) is 13.0. The molecule has 3 N–H and O–H groups in total. The van der Waals surface area contributed by atoms with E-state index in [1.54, 1.807) is 0 Å². The fourth-order valence-corrected chi connectivity index (χ4v) is 3.81. The number of rotatable bonds is 7. The summed E-state index contributed by atoms with van der Waals surface area (Å²) in [6, 6.07) is 0.273. The Bertz CT molecular complexity index is 333. The third-order valence-corrected chi connectivity index (χ3v) is 5.48. The Morgan fingerprint density at radius 3 is 2.20 bits per heavy atom. The lowest BCUT2D eigenvalue weighted by Gasteiger charge is -2.35. The Morgan fingerprint density at radius 2 is 1.80 bits per heavy atom. The maximum Gasteiger partial charge on any atom is 0.233 e. The fraction of sp³-hybridized carbons (Fsp3) is 0.875. The maximum atomic E-state index is 12.7. The third-order valence-electron chi connectivity index (χ3n) is 5.09. The molecule has 1 unspecified atom stereocenters. The van der Waals surface area contributed by atoms with Crippen molar-refractivity contribution in [3.63, 3.8) is 0 Å². The number of nitrogens with one attached hydrogen (secondary N) is 1. The van der Waals surface area contributed by atoms with Crippen LogP contribution in [0, 0.1) is 11.3 Å². The van der Waals surface area contributed by atoms with Crippen LogP contribution in [0.25, 0.3) is 0 Å². The first kappa shape index (κ1) is 17.4. The van der Waals surface area contributed by atoms with Crippen molar-refractivity contribution in [2.45, 2.75) is 78.2 Å². The van der Waals surface area contributed by atoms with Crippen molar-refractivity contribution in [1.82, 2.24) is 5.32 Å². The summed E-state index contributed by atoms with van der Waals surface area (Å²) >= 11 is 5.17. The maximum absolute atomic E-state index is 12.7. The summed E-state index contributed by atoms with van der Waals surface area (Å²) in [7, 11) is 0. The number of carbonyl (C=O) groups is 1. The zero-order chi connectivity index (χ0) is 15.2. The Labute approximate surface area is 129 Å². The predicted molar refractivity (Wildman–Crippen MR) is 88.6 cm³/mol. The molecule has 1 amide bonds. The number of hydrogen-bond acceptors (Lipinski definition) is 2. The molecule has 0 bridgehead atoms. The minimum absolute atomic E-state index is 0.0347. The fourth-order valence-electron chi connectivity index (χ4n) is 3.43. The largest absolute Gasteiger partial charge is 0.392 e. The molecule has 1 fully saturated rings. The monoisotopic (exact) mass is 298 g/mol. The van der Waals surface area contributed by atoms with Gasteiger partial charge in [-0.25, -0.2) is 0 Å². The Balaban J connectivity index is 2.76. The summed E-state index contributed by atoms with van der Waals surface area (Å²) in [6.07, 6.45) is 8.71. The summed E-state index contributed by atoms with van der Waals surface area (Å²) in [5.74, 6) is 0.655. The average molecular weight is 298 g/mol. The molecule has 0 aromatic heterocycles. The van der Waals surface area contributed by atoms with Gasteiger partial charge in [-0.15, -0.1) is 0 Å². The molecule has 0 aliphatic heterocycles. The van der Waals surface area contributed by atoms with Crippen molar-refractivity contribution < 1.29 is 4.79 Å². The van der Waals surface area contributed by atoms with Crippen molar-refractivity contribution in [2.24, 2.45) is 17.1 Å². The van der Waals surface area contributed by atoms with Gasteiger partial charge in [-0.2, -0.15) is 0 Å². The topological polar surface area (TPSA) is 55.1 Å². The van der Waals surface area contributed by atoms with Gasteiger partial charge in [0.05, 0.1) is 10.4 Å². The van der Waals surface area contributed by atoms with Crippen molar-refractivity contribution in [2.75, 3.05) is 0 Å². The summed E-state index contributed by atoms with van der Waals surface area (Å²) in [5.41, 5.74) is 5.19. The van der Waals surface area contributed by atoms with Crippen LogP contribution in [0.4, 0.5) is 0 Å².